The molecule has 0 radical (unpaired) electrons. The van der Waals surface area contributed by atoms with Crippen LogP contribution in [-0.4, -0.2) is 70.0 Å². The van der Waals surface area contributed by atoms with Gasteiger partial charge in [0, 0.05) is 42.8 Å². The number of rotatable bonds is 8. The number of aromatic amines is 1. The van der Waals surface area contributed by atoms with Gasteiger partial charge in [0.15, 0.2) is 5.65 Å². The van der Waals surface area contributed by atoms with Gasteiger partial charge in [-0.3, -0.25) is 9.59 Å². The summed E-state index contributed by atoms with van der Waals surface area (Å²) >= 11 is 12.3. The predicted octanol–water partition coefficient (Wildman–Crippen LogP) is 2.28. The molecule has 1 aliphatic rings. The number of aromatic nitrogens is 4. The zero-order valence-corrected chi connectivity index (χ0v) is 20.3. The predicted molar refractivity (Wildman–Crippen MR) is 134 cm³/mol. The fourth-order valence-corrected chi connectivity index (χ4v) is 4.19. The highest BCUT2D eigenvalue weighted by Gasteiger charge is 2.24. The summed E-state index contributed by atoms with van der Waals surface area (Å²) in [4.78, 5) is 44.7. The van der Waals surface area contributed by atoms with Crippen LogP contribution in [0.3, 0.4) is 0 Å². The number of nitrogens with one attached hydrogen (secondary N) is 3. The van der Waals surface area contributed by atoms with Crippen molar-refractivity contribution in [2.24, 2.45) is 0 Å². The molecule has 0 bridgehead atoms. The second-order valence-electron chi connectivity index (χ2n) is 7.94. The van der Waals surface area contributed by atoms with Gasteiger partial charge in [0.25, 0.3) is 5.56 Å². The highest BCUT2D eigenvalue weighted by molar-refractivity contribution is 6.35. The van der Waals surface area contributed by atoms with Crippen LogP contribution in [0.5, 0.6) is 0 Å². The third-order valence-electron chi connectivity index (χ3n) is 5.57. The summed E-state index contributed by atoms with van der Waals surface area (Å²) in [6.45, 7) is 5.86. The molecule has 0 atom stereocenters. The Labute approximate surface area is 206 Å². The lowest BCUT2D eigenvalue weighted by molar-refractivity contribution is -0.130. The highest BCUT2D eigenvalue weighted by Crippen LogP contribution is 2.24. The number of carbonyl (C=O) groups is 1. The van der Waals surface area contributed by atoms with E-state index >= 15 is 0 Å². The van der Waals surface area contributed by atoms with Gasteiger partial charge < -0.3 is 25.4 Å². The van der Waals surface area contributed by atoms with Gasteiger partial charge in [-0.05, 0) is 30.7 Å². The molecule has 3 N–H and O–H groups in total. The van der Waals surface area contributed by atoms with E-state index in [2.05, 4.69) is 37.5 Å². The molecule has 1 saturated heterocycles. The number of hydrogen-bond acceptors (Lipinski definition) is 8. The van der Waals surface area contributed by atoms with Gasteiger partial charge in [0.2, 0.25) is 11.9 Å². The Bertz CT molecular complexity index is 1230. The van der Waals surface area contributed by atoms with Crippen LogP contribution in [0.1, 0.15) is 18.9 Å². The van der Waals surface area contributed by atoms with Gasteiger partial charge in [-0.15, -0.1) is 0 Å². The lowest BCUT2D eigenvalue weighted by atomic mass is 10.2. The van der Waals surface area contributed by atoms with E-state index in [1.165, 1.54) is 6.33 Å². The standard InChI is InChI=1S/C22H26Cl2N8O2/c1-2-5-25-12-17(33)31-6-8-32(9-7-31)22-29-19(18-20(30-22)27-13-28-21(18)34)26-11-14-3-4-15(23)10-16(14)24/h3-4,10,13,25H,2,5-9,11-12H2,1H3,(H2,26,27,28,29,30,34). The van der Waals surface area contributed by atoms with E-state index < -0.39 is 0 Å². The Hall–Kier alpha value is -2.95. The fraction of sp³-hybridized carbons (Fsp3) is 0.409. The smallest absolute Gasteiger partial charge is 0.263 e. The topological polar surface area (TPSA) is 119 Å². The van der Waals surface area contributed by atoms with Gasteiger partial charge >= 0.3 is 0 Å². The average Bonchev–Trinajstić information content (AvgIpc) is 2.83. The molecule has 4 rings (SSSR count). The Morgan fingerprint density at radius 2 is 1.97 bits per heavy atom. The number of amides is 1. The Kier molecular flexibility index (Phi) is 7.81. The van der Waals surface area contributed by atoms with E-state index in [0.717, 1.165) is 18.5 Å². The summed E-state index contributed by atoms with van der Waals surface area (Å²) in [5, 5.41) is 7.68. The number of benzene rings is 1. The first-order valence-corrected chi connectivity index (χ1v) is 11.9. The Morgan fingerprint density at radius 3 is 2.71 bits per heavy atom. The molecule has 1 fully saturated rings. The normalized spacial score (nSPS) is 14.0. The van der Waals surface area contributed by atoms with Crippen LogP contribution < -0.4 is 21.1 Å². The SMILES string of the molecule is CCCNCC(=O)N1CCN(c2nc(NCc3ccc(Cl)cc3Cl)c3c(=O)[nH]cnc3n2)CC1. The van der Waals surface area contributed by atoms with E-state index in [1.54, 1.807) is 12.1 Å². The number of halogens is 2. The van der Waals surface area contributed by atoms with Crippen molar-refractivity contribution in [1.82, 2.24) is 30.2 Å². The molecule has 1 aliphatic heterocycles. The summed E-state index contributed by atoms with van der Waals surface area (Å²) in [6.07, 6.45) is 2.30. The first kappa shape index (κ1) is 24.2. The number of fused-ring (bicyclic) bond motifs is 1. The van der Waals surface area contributed by atoms with E-state index in [-0.39, 0.29) is 16.9 Å². The minimum atomic E-state index is -0.337. The monoisotopic (exact) mass is 504 g/mol. The molecule has 0 unspecified atom stereocenters. The molecule has 34 heavy (non-hydrogen) atoms. The number of H-pyrrole nitrogens is 1. The van der Waals surface area contributed by atoms with Crippen LogP contribution in [0.25, 0.3) is 11.0 Å². The molecule has 0 saturated carbocycles. The highest BCUT2D eigenvalue weighted by atomic mass is 35.5. The van der Waals surface area contributed by atoms with Crippen molar-refractivity contribution in [3.05, 3.63) is 50.5 Å². The van der Waals surface area contributed by atoms with Crippen molar-refractivity contribution in [2.75, 3.05) is 49.5 Å². The van der Waals surface area contributed by atoms with E-state index in [0.29, 0.717) is 66.7 Å². The Morgan fingerprint density at radius 1 is 1.18 bits per heavy atom. The molecular weight excluding hydrogens is 479 g/mol. The lowest BCUT2D eigenvalue weighted by Crippen LogP contribution is -2.51. The number of carbonyl (C=O) groups excluding carboxylic acids is 1. The Balaban J connectivity index is 1.53. The minimum Gasteiger partial charge on any atom is -0.365 e. The van der Waals surface area contributed by atoms with Crippen molar-refractivity contribution in [2.45, 2.75) is 19.9 Å². The molecule has 0 spiro atoms. The third kappa shape index (κ3) is 5.57. The molecule has 180 valence electrons. The van der Waals surface area contributed by atoms with E-state index in [4.69, 9.17) is 23.2 Å². The average molecular weight is 505 g/mol. The van der Waals surface area contributed by atoms with Gasteiger partial charge in [-0.2, -0.15) is 9.97 Å². The van der Waals surface area contributed by atoms with Crippen LogP contribution in [0.4, 0.5) is 11.8 Å². The lowest BCUT2D eigenvalue weighted by Gasteiger charge is -2.35. The van der Waals surface area contributed by atoms with Crippen LogP contribution in [0.15, 0.2) is 29.3 Å². The maximum absolute atomic E-state index is 12.5. The number of anilines is 2. The number of piperazine rings is 1. The summed E-state index contributed by atoms with van der Waals surface area (Å²) in [7, 11) is 0. The van der Waals surface area contributed by atoms with E-state index in [1.807, 2.05) is 15.9 Å². The zero-order valence-electron chi connectivity index (χ0n) is 18.8. The van der Waals surface area contributed by atoms with Crippen molar-refractivity contribution in [1.29, 1.82) is 0 Å². The first-order chi connectivity index (χ1) is 16.5. The quantitative estimate of drug-likeness (QED) is 0.399. The maximum Gasteiger partial charge on any atom is 0.263 e. The van der Waals surface area contributed by atoms with Gasteiger partial charge in [0.05, 0.1) is 12.9 Å². The van der Waals surface area contributed by atoms with Gasteiger partial charge in [0.1, 0.15) is 11.2 Å². The molecule has 1 aromatic carbocycles. The zero-order chi connectivity index (χ0) is 24.1. The maximum atomic E-state index is 12.5. The van der Waals surface area contributed by atoms with Crippen LogP contribution in [-0.2, 0) is 11.3 Å². The molecule has 3 heterocycles. The summed E-state index contributed by atoms with van der Waals surface area (Å²) < 4.78 is 0. The molecule has 2 aromatic heterocycles. The third-order valence-corrected chi connectivity index (χ3v) is 6.15. The first-order valence-electron chi connectivity index (χ1n) is 11.1. The van der Waals surface area contributed by atoms with Crippen molar-refractivity contribution in [3.63, 3.8) is 0 Å². The fourth-order valence-electron chi connectivity index (χ4n) is 3.72. The molecule has 12 heteroatoms. The summed E-state index contributed by atoms with van der Waals surface area (Å²) in [6, 6.07) is 5.23. The second-order valence-corrected chi connectivity index (χ2v) is 8.78. The van der Waals surface area contributed by atoms with Crippen LogP contribution in [0, 0.1) is 0 Å². The molecule has 3 aromatic rings. The minimum absolute atomic E-state index is 0.0860. The van der Waals surface area contributed by atoms with Crippen LogP contribution in [0.2, 0.25) is 10.0 Å². The largest absolute Gasteiger partial charge is 0.365 e. The summed E-state index contributed by atoms with van der Waals surface area (Å²) in [5.41, 5.74) is 0.764. The molecular formula is C22H26Cl2N8O2. The van der Waals surface area contributed by atoms with Crippen molar-refractivity contribution >= 4 is 51.9 Å². The van der Waals surface area contributed by atoms with Crippen molar-refractivity contribution in [3.8, 4) is 0 Å². The molecule has 1 amide bonds. The molecule has 0 aliphatic carbocycles. The number of hydrogen-bond donors (Lipinski definition) is 3. The van der Waals surface area contributed by atoms with E-state index in [9.17, 15) is 9.59 Å². The molecule has 10 nitrogen and oxygen atoms in total. The van der Waals surface area contributed by atoms with Gasteiger partial charge in [-0.1, -0.05) is 36.2 Å². The number of nitrogens with zero attached hydrogens (tertiary/aromatic N) is 5. The second kappa shape index (κ2) is 11.0. The summed E-state index contributed by atoms with van der Waals surface area (Å²) in [5.74, 6) is 0.900. The van der Waals surface area contributed by atoms with Crippen molar-refractivity contribution < 1.29 is 4.79 Å². The van der Waals surface area contributed by atoms with Gasteiger partial charge in [-0.25, -0.2) is 4.98 Å². The van der Waals surface area contributed by atoms with Crippen LogP contribution >= 0.6 is 23.2 Å².